The molecule has 138 valence electrons. The molecule has 8 nitrogen and oxygen atoms in total. The third-order valence-electron chi connectivity index (χ3n) is 4.02. The molecule has 0 saturated carbocycles. The van der Waals surface area contributed by atoms with Gasteiger partial charge in [0.25, 0.3) is 5.91 Å². The Morgan fingerprint density at radius 2 is 1.84 bits per heavy atom. The molecule has 0 bridgehead atoms. The zero-order valence-electron chi connectivity index (χ0n) is 13.9. The van der Waals surface area contributed by atoms with Crippen LogP contribution >= 0.6 is 11.6 Å². The van der Waals surface area contributed by atoms with Crippen molar-refractivity contribution in [3.63, 3.8) is 0 Å². The Bertz CT molecular complexity index is 733. The van der Waals surface area contributed by atoms with E-state index in [4.69, 9.17) is 11.6 Å². The fourth-order valence-electron chi connectivity index (χ4n) is 2.57. The molecule has 0 unspecified atom stereocenters. The van der Waals surface area contributed by atoms with Gasteiger partial charge in [-0.25, -0.2) is 8.42 Å². The Balaban J connectivity index is 1.88. The molecule has 2 amide bonds. The number of quaternary nitrogens is 1. The SMILES string of the molecule is CNC(=O)CNC(=O)C[NH+]1CCN(S(=O)(=O)c2ccccc2Cl)CC1. The second-order valence-electron chi connectivity index (χ2n) is 5.71. The number of hydrogen-bond acceptors (Lipinski definition) is 4. The van der Waals surface area contributed by atoms with Crippen molar-refractivity contribution in [2.45, 2.75) is 4.90 Å². The van der Waals surface area contributed by atoms with Gasteiger partial charge in [-0.2, -0.15) is 4.31 Å². The first-order valence-electron chi connectivity index (χ1n) is 7.90. The number of likely N-dealkylation sites (N-methyl/N-ethyl adjacent to an activating group) is 1. The minimum absolute atomic E-state index is 0.0599. The van der Waals surface area contributed by atoms with Crippen molar-refractivity contribution in [2.75, 3.05) is 46.3 Å². The van der Waals surface area contributed by atoms with Gasteiger partial charge in [-0.15, -0.1) is 0 Å². The Morgan fingerprint density at radius 3 is 2.44 bits per heavy atom. The number of hydrogen-bond donors (Lipinski definition) is 3. The van der Waals surface area contributed by atoms with Crippen molar-refractivity contribution in [2.24, 2.45) is 0 Å². The summed E-state index contributed by atoms with van der Waals surface area (Å²) >= 11 is 6.00. The van der Waals surface area contributed by atoms with E-state index in [1.54, 1.807) is 18.2 Å². The number of sulfonamides is 1. The predicted molar refractivity (Wildman–Crippen MR) is 92.9 cm³/mol. The number of carbonyl (C=O) groups is 2. The molecule has 1 aromatic rings. The van der Waals surface area contributed by atoms with Gasteiger partial charge in [0.15, 0.2) is 6.54 Å². The molecule has 10 heteroatoms. The van der Waals surface area contributed by atoms with Crippen LogP contribution in [-0.4, -0.2) is 70.9 Å². The topological polar surface area (TPSA) is 100 Å². The molecule has 0 spiro atoms. The summed E-state index contributed by atoms with van der Waals surface area (Å²) in [7, 11) is -2.14. The first kappa shape index (κ1) is 19.6. The maximum absolute atomic E-state index is 12.7. The number of carbonyl (C=O) groups excluding carboxylic acids is 2. The smallest absolute Gasteiger partial charge is 0.275 e. The summed E-state index contributed by atoms with van der Waals surface area (Å²) < 4.78 is 26.7. The van der Waals surface area contributed by atoms with Crippen LogP contribution in [0.5, 0.6) is 0 Å². The van der Waals surface area contributed by atoms with Crippen molar-refractivity contribution in [3.8, 4) is 0 Å². The van der Waals surface area contributed by atoms with Crippen LogP contribution in [0.2, 0.25) is 5.02 Å². The summed E-state index contributed by atoms with van der Waals surface area (Å²) in [6.07, 6.45) is 0. The third kappa shape index (κ3) is 5.15. The molecular formula is C15H22ClN4O4S+. The number of rotatable bonds is 6. The quantitative estimate of drug-likeness (QED) is 0.528. The van der Waals surface area contributed by atoms with Gasteiger partial charge in [-0.05, 0) is 12.1 Å². The highest BCUT2D eigenvalue weighted by atomic mass is 35.5. The van der Waals surface area contributed by atoms with Gasteiger partial charge in [0.2, 0.25) is 15.9 Å². The molecule has 2 rings (SSSR count). The molecular weight excluding hydrogens is 368 g/mol. The standard InChI is InChI=1S/C15H21ClN4O4S/c1-17-14(21)10-18-15(22)11-19-6-8-20(9-7-19)25(23,24)13-5-3-2-4-12(13)16/h2-5H,6-11H2,1H3,(H,17,21)(H,18,22)/p+1. The normalized spacial score (nSPS) is 16.4. The number of nitrogens with zero attached hydrogens (tertiary/aromatic N) is 1. The van der Waals surface area contributed by atoms with E-state index in [2.05, 4.69) is 10.6 Å². The van der Waals surface area contributed by atoms with Crippen LogP contribution in [0.1, 0.15) is 0 Å². The van der Waals surface area contributed by atoms with E-state index < -0.39 is 10.0 Å². The molecule has 0 atom stereocenters. The zero-order valence-corrected chi connectivity index (χ0v) is 15.5. The van der Waals surface area contributed by atoms with Crippen LogP contribution in [0.15, 0.2) is 29.2 Å². The van der Waals surface area contributed by atoms with Crippen LogP contribution in [0, 0.1) is 0 Å². The van der Waals surface area contributed by atoms with Crippen LogP contribution < -0.4 is 15.5 Å². The lowest BCUT2D eigenvalue weighted by molar-refractivity contribution is -0.895. The molecule has 3 N–H and O–H groups in total. The fourth-order valence-corrected chi connectivity index (χ4v) is 4.50. The molecule has 0 aromatic heterocycles. The Hall–Kier alpha value is -1.68. The van der Waals surface area contributed by atoms with Crippen LogP contribution in [0.3, 0.4) is 0 Å². The predicted octanol–water partition coefficient (Wildman–Crippen LogP) is -1.91. The van der Waals surface area contributed by atoms with Gasteiger partial charge in [-0.3, -0.25) is 9.59 Å². The average Bonchev–Trinajstić information content (AvgIpc) is 2.60. The van der Waals surface area contributed by atoms with Gasteiger partial charge in [-0.1, -0.05) is 23.7 Å². The second-order valence-corrected chi connectivity index (χ2v) is 8.02. The Kier molecular flexibility index (Phi) is 6.77. The van der Waals surface area contributed by atoms with Crippen LogP contribution in [-0.2, 0) is 19.6 Å². The van der Waals surface area contributed by atoms with Crippen molar-refractivity contribution in [1.82, 2.24) is 14.9 Å². The Morgan fingerprint density at radius 1 is 1.20 bits per heavy atom. The third-order valence-corrected chi connectivity index (χ3v) is 6.42. The van der Waals surface area contributed by atoms with Crippen LogP contribution in [0.25, 0.3) is 0 Å². The summed E-state index contributed by atoms with van der Waals surface area (Å²) in [4.78, 5) is 24.0. The van der Waals surface area contributed by atoms with E-state index in [9.17, 15) is 18.0 Å². The maximum Gasteiger partial charge on any atom is 0.275 e. The summed E-state index contributed by atoms with van der Waals surface area (Å²) in [5, 5.41) is 5.16. The first-order chi connectivity index (χ1) is 11.8. The highest BCUT2D eigenvalue weighted by molar-refractivity contribution is 7.89. The first-order valence-corrected chi connectivity index (χ1v) is 9.72. The van der Waals surface area contributed by atoms with E-state index in [-0.39, 0.29) is 34.8 Å². The van der Waals surface area contributed by atoms with E-state index in [1.807, 2.05) is 0 Å². The van der Waals surface area contributed by atoms with E-state index in [0.29, 0.717) is 26.2 Å². The second kappa shape index (κ2) is 8.61. The minimum Gasteiger partial charge on any atom is -0.358 e. The molecule has 1 saturated heterocycles. The summed E-state index contributed by atoms with van der Waals surface area (Å²) in [6, 6.07) is 6.35. The van der Waals surface area contributed by atoms with Crippen molar-refractivity contribution < 1.29 is 22.9 Å². The maximum atomic E-state index is 12.7. The lowest BCUT2D eigenvalue weighted by Gasteiger charge is -2.31. The molecule has 1 fully saturated rings. The summed E-state index contributed by atoms with van der Waals surface area (Å²) in [6.45, 7) is 1.79. The van der Waals surface area contributed by atoms with Crippen LogP contribution in [0.4, 0.5) is 0 Å². The number of piperazine rings is 1. The van der Waals surface area contributed by atoms with Gasteiger partial charge >= 0.3 is 0 Å². The van der Waals surface area contributed by atoms with Gasteiger partial charge in [0.1, 0.15) is 4.90 Å². The molecule has 0 aliphatic carbocycles. The molecule has 1 aliphatic heterocycles. The lowest BCUT2D eigenvalue weighted by atomic mass is 10.3. The highest BCUT2D eigenvalue weighted by Crippen LogP contribution is 2.23. The lowest BCUT2D eigenvalue weighted by Crippen LogP contribution is -3.15. The van der Waals surface area contributed by atoms with Crippen molar-refractivity contribution in [1.29, 1.82) is 0 Å². The molecule has 1 aliphatic rings. The minimum atomic E-state index is -3.63. The summed E-state index contributed by atoms with van der Waals surface area (Å²) in [5.41, 5.74) is 0. The average molecular weight is 390 g/mol. The zero-order chi connectivity index (χ0) is 18.4. The van der Waals surface area contributed by atoms with Gasteiger partial charge in [0.05, 0.1) is 37.7 Å². The molecule has 1 heterocycles. The number of halogens is 1. The Labute approximate surface area is 152 Å². The number of nitrogens with one attached hydrogen (secondary N) is 3. The molecule has 25 heavy (non-hydrogen) atoms. The van der Waals surface area contributed by atoms with Gasteiger partial charge in [0, 0.05) is 7.05 Å². The molecule has 0 radical (unpaired) electrons. The highest BCUT2D eigenvalue weighted by Gasteiger charge is 2.32. The monoisotopic (exact) mass is 389 g/mol. The number of amides is 2. The van der Waals surface area contributed by atoms with Crippen molar-refractivity contribution in [3.05, 3.63) is 29.3 Å². The number of benzene rings is 1. The van der Waals surface area contributed by atoms with Gasteiger partial charge < -0.3 is 15.5 Å². The summed E-state index contributed by atoms with van der Waals surface area (Å²) in [5.74, 6) is -0.500. The largest absolute Gasteiger partial charge is 0.358 e. The molecule has 1 aromatic carbocycles. The van der Waals surface area contributed by atoms with E-state index in [1.165, 1.54) is 17.4 Å². The fraction of sp³-hybridized carbons (Fsp3) is 0.467. The van der Waals surface area contributed by atoms with E-state index in [0.717, 1.165) is 4.90 Å². The van der Waals surface area contributed by atoms with Crippen molar-refractivity contribution >= 4 is 33.4 Å². The van der Waals surface area contributed by atoms with E-state index >= 15 is 0 Å².